The highest BCUT2D eigenvalue weighted by atomic mass is 15.2. The van der Waals surface area contributed by atoms with Crippen molar-refractivity contribution in [1.29, 1.82) is 0 Å². The standard InChI is InChI=1S/C21H13N9/c1-2-15-19(26-14(1)16-10-23-7-8-25-16)20(30-29-15)21-27-17-11-24-9-13(18(17)28-21)12-3-5-22-6-4-12/h1-11H,(H,27,28)(H,29,30). The molecule has 0 amide bonds. The van der Waals surface area contributed by atoms with Crippen LogP contribution < -0.4 is 0 Å². The first-order valence-corrected chi connectivity index (χ1v) is 9.23. The molecule has 6 rings (SSSR count). The highest BCUT2D eigenvalue weighted by Gasteiger charge is 2.17. The molecule has 9 heteroatoms. The lowest BCUT2D eigenvalue weighted by Crippen LogP contribution is -1.89. The number of nitrogens with one attached hydrogen (secondary N) is 2. The maximum Gasteiger partial charge on any atom is 0.161 e. The molecule has 9 nitrogen and oxygen atoms in total. The Balaban J connectivity index is 1.52. The van der Waals surface area contributed by atoms with Crippen LogP contribution in [0, 0.1) is 0 Å². The van der Waals surface area contributed by atoms with E-state index in [9.17, 15) is 0 Å². The fourth-order valence-corrected chi connectivity index (χ4v) is 3.43. The lowest BCUT2D eigenvalue weighted by Gasteiger charge is -2.00. The van der Waals surface area contributed by atoms with Crippen molar-refractivity contribution in [2.24, 2.45) is 0 Å². The predicted octanol–water partition coefficient (Wildman–Crippen LogP) is 3.42. The van der Waals surface area contributed by atoms with Crippen molar-refractivity contribution in [3.8, 4) is 34.0 Å². The van der Waals surface area contributed by atoms with E-state index in [1.165, 1.54) is 0 Å². The quantitative estimate of drug-likeness (QED) is 0.474. The number of pyridine rings is 3. The van der Waals surface area contributed by atoms with Gasteiger partial charge in [0.05, 0.1) is 34.6 Å². The third-order valence-corrected chi connectivity index (χ3v) is 4.84. The van der Waals surface area contributed by atoms with Crippen LogP contribution in [0.5, 0.6) is 0 Å². The minimum absolute atomic E-state index is 0.614. The molecule has 0 aliphatic carbocycles. The Labute approximate surface area is 169 Å². The zero-order valence-electron chi connectivity index (χ0n) is 15.5. The number of aromatic amines is 2. The lowest BCUT2D eigenvalue weighted by atomic mass is 10.1. The molecule has 2 N–H and O–H groups in total. The first kappa shape index (κ1) is 16.4. The van der Waals surface area contributed by atoms with Crippen LogP contribution in [-0.2, 0) is 0 Å². The molecule has 0 aliphatic rings. The molecule has 0 fully saturated rings. The Morgan fingerprint density at radius 3 is 2.47 bits per heavy atom. The van der Waals surface area contributed by atoms with Gasteiger partial charge in [0.15, 0.2) is 11.5 Å². The summed E-state index contributed by atoms with van der Waals surface area (Å²) < 4.78 is 0. The van der Waals surface area contributed by atoms with Gasteiger partial charge >= 0.3 is 0 Å². The summed E-state index contributed by atoms with van der Waals surface area (Å²) in [7, 11) is 0. The van der Waals surface area contributed by atoms with Crippen molar-refractivity contribution in [2.75, 3.05) is 0 Å². The second-order valence-corrected chi connectivity index (χ2v) is 6.66. The number of rotatable bonds is 3. The summed E-state index contributed by atoms with van der Waals surface area (Å²) in [6.45, 7) is 0. The van der Waals surface area contributed by atoms with E-state index in [0.717, 1.165) is 27.7 Å². The van der Waals surface area contributed by atoms with Crippen LogP contribution in [0.1, 0.15) is 0 Å². The van der Waals surface area contributed by atoms with Gasteiger partial charge in [-0.2, -0.15) is 5.10 Å². The van der Waals surface area contributed by atoms with E-state index in [2.05, 4.69) is 35.1 Å². The second kappa shape index (κ2) is 6.52. The highest BCUT2D eigenvalue weighted by molar-refractivity contribution is 5.95. The number of H-pyrrole nitrogens is 2. The molecule has 0 radical (unpaired) electrons. The summed E-state index contributed by atoms with van der Waals surface area (Å²) in [5, 5.41) is 7.47. The van der Waals surface area contributed by atoms with Crippen molar-refractivity contribution in [1.82, 2.24) is 45.1 Å². The van der Waals surface area contributed by atoms with Crippen molar-refractivity contribution in [2.45, 2.75) is 0 Å². The maximum atomic E-state index is 4.82. The molecule has 6 heterocycles. The lowest BCUT2D eigenvalue weighted by molar-refractivity contribution is 1.10. The Hall–Kier alpha value is -4.53. The van der Waals surface area contributed by atoms with Gasteiger partial charge in [-0.05, 0) is 29.8 Å². The predicted molar refractivity (Wildman–Crippen MR) is 111 cm³/mol. The van der Waals surface area contributed by atoms with Gasteiger partial charge in [-0.1, -0.05) is 0 Å². The molecule has 0 bridgehead atoms. The Morgan fingerprint density at radius 1 is 0.667 bits per heavy atom. The van der Waals surface area contributed by atoms with Crippen molar-refractivity contribution in [3.05, 3.63) is 67.6 Å². The molecule has 142 valence electrons. The van der Waals surface area contributed by atoms with Gasteiger partial charge in [0.1, 0.15) is 11.2 Å². The molecule has 30 heavy (non-hydrogen) atoms. The third kappa shape index (κ3) is 2.60. The van der Waals surface area contributed by atoms with E-state index in [1.807, 2.05) is 24.3 Å². The maximum absolute atomic E-state index is 4.82. The molecule has 0 aromatic carbocycles. The van der Waals surface area contributed by atoms with Gasteiger partial charge in [0.2, 0.25) is 0 Å². The van der Waals surface area contributed by atoms with Crippen LogP contribution in [0.15, 0.2) is 67.6 Å². The number of nitrogens with zero attached hydrogens (tertiary/aromatic N) is 7. The Morgan fingerprint density at radius 2 is 1.60 bits per heavy atom. The Bertz CT molecular complexity index is 1490. The van der Waals surface area contributed by atoms with Crippen LogP contribution >= 0.6 is 0 Å². The first-order valence-electron chi connectivity index (χ1n) is 9.23. The van der Waals surface area contributed by atoms with Crippen LogP contribution in [0.3, 0.4) is 0 Å². The van der Waals surface area contributed by atoms with Crippen LogP contribution in [0.4, 0.5) is 0 Å². The van der Waals surface area contributed by atoms with Gasteiger partial charge in [-0.25, -0.2) is 9.97 Å². The van der Waals surface area contributed by atoms with E-state index in [1.54, 1.807) is 43.4 Å². The zero-order chi connectivity index (χ0) is 19.9. The molecule has 0 atom stereocenters. The number of aromatic nitrogens is 9. The smallest absolute Gasteiger partial charge is 0.161 e. The van der Waals surface area contributed by atoms with Gasteiger partial charge in [-0.15, -0.1) is 0 Å². The minimum Gasteiger partial charge on any atom is -0.335 e. The normalized spacial score (nSPS) is 11.3. The average molecular weight is 391 g/mol. The number of fused-ring (bicyclic) bond motifs is 2. The molecule has 0 aliphatic heterocycles. The topological polar surface area (TPSA) is 122 Å². The van der Waals surface area contributed by atoms with Crippen LogP contribution in [0.2, 0.25) is 0 Å². The number of hydrogen-bond acceptors (Lipinski definition) is 7. The molecular formula is C21H13N9. The first-order chi connectivity index (χ1) is 14.9. The SMILES string of the molecule is c1cc(-c2cncc3[nH]c(-c4n[nH]c5ccc(-c6cnccn6)nc45)nc23)ccn1. The summed E-state index contributed by atoms with van der Waals surface area (Å²) >= 11 is 0. The summed E-state index contributed by atoms with van der Waals surface area (Å²) in [6, 6.07) is 7.68. The second-order valence-electron chi connectivity index (χ2n) is 6.66. The van der Waals surface area contributed by atoms with Gasteiger partial charge in [0, 0.05) is 36.5 Å². The summed E-state index contributed by atoms with van der Waals surface area (Å²) in [5.74, 6) is 0.614. The van der Waals surface area contributed by atoms with E-state index in [4.69, 9.17) is 9.97 Å². The summed E-state index contributed by atoms with van der Waals surface area (Å²) in [5.41, 5.74) is 7.11. The number of imidazole rings is 1. The fourth-order valence-electron chi connectivity index (χ4n) is 3.43. The third-order valence-electron chi connectivity index (χ3n) is 4.84. The number of hydrogen-bond donors (Lipinski definition) is 2. The average Bonchev–Trinajstić information content (AvgIpc) is 3.43. The van der Waals surface area contributed by atoms with E-state index < -0.39 is 0 Å². The fraction of sp³-hybridized carbons (Fsp3) is 0. The monoisotopic (exact) mass is 391 g/mol. The molecule has 0 spiro atoms. The van der Waals surface area contributed by atoms with Gasteiger partial charge in [0.25, 0.3) is 0 Å². The Kier molecular flexibility index (Phi) is 3.57. The molecule has 0 unspecified atom stereocenters. The molecule has 0 saturated carbocycles. The van der Waals surface area contributed by atoms with Gasteiger partial charge in [-0.3, -0.25) is 25.0 Å². The molecular weight excluding hydrogens is 378 g/mol. The van der Waals surface area contributed by atoms with Crippen molar-refractivity contribution >= 4 is 22.1 Å². The van der Waals surface area contributed by atoms with E-state index in [-0.39, 0.29) is 0 Å². The van der Waals surface area contributed by atoms with Gasteiger partial charge < -0.3 is 4.98 Å². The zero-order valence-corrected chi connectivity index (χ0v) is 15.5. The van der Waals surface area contributed by atoms with Crippen molar-refractivity contribution in [3.63, 3.8) is 0 Å². The van der Waals surface area contributed by atoms with Crippen molar-refractivity contribution < 1.29 is 0 Å². The van der Waals surface area contributed by atoms with Crippen LogP contribution in [-0.4, -0.2) is 45.1 Å². The summed E-state index contributed by atoms with van der Waals surface area (Å²) in [6.07, 6.45) is 12.0. The molecule has 6 aromatic rings. The van der Waals surface area contributed by atoms with Crippen LogP contribution in [0.25, 0.3) is 56.1 Å². The minimum atomic E-state index is 0.614. The molecule has 6 aromatic heterocycles. The van der Waals surface area contributed by atoms with E-state index in [0.29, 0.717) is 28.4 Å². The highest BCUT2D eigenvalue weighted by Crippen LogP contribution is 2.30. The molecule has 0 saturated heterocycles. The van der Waals surface area contributed by atoms with E-state index >= 15 is 0 Å². The summed E-state index contributed by atoms with van der Waals surface area (Å²) in [4.78, 5) is 29.8. The largest absolute Gasteiger partial charge is 0.335 e.